The molecular formula is C18H27BrFN. The molecule has 1 atom stereocenters. The average Bonchev–Trinajstić information content (AvgIpc) is 2.45. The highest BCUT2D eigenvalue weighted by molar-refractivity contribution is 9.10. The third-order valence-electron chi connectivity index (χ3n) is 4.43. The fourth-order valence-electron chi connectivity index (χ4n) is 3.43. The van der Waals surface area contributed by atoms with E-state index >= 15 is 0 Å². The summed E-state index contributed by atoms with van der Waals surface area (Å²) in [7, 11) is 0. The van der Waals surface area contributed by atoms with Gasteiger partial charge in [0.25, 0.3) is 0 Å². The molecule has 1 N–H and O–H groups in total. The molecule has 1 aromatic carbocycles. The van der Waals surface area contributed by atoms with Crippen molar-refractivity contribution in [2.75, 3.05) is 6.54 Å². The van der Waals surface area contributed by atoms with E-state index in [4.69, 9.17) is 0 Å². The van der Waals surface area contributed by atoms with E-state index in [1.54, 1.807) is 6.07 Å². The topological polar surface area (TPSA) is 12.0 Å². The molecule has 2 rings (SSSR count). The van der Waals surface area contributed by atoms with Crippen molar-refractivity contribution in [3.05, 3.63) is 34.1 Å². The first-order chi connectivity index (χ1) is 10.2. The molecule has 1 fully saturated rings. The zero-order chi connectivity index (χ0) is 15.1. The summed E-state index contributed by atoms with van der Waals surface area (Å²) in [5.41, 5.74) is 1.09. The highest BCUT2D eigenvalue weighted by Gasteiger charge is 2.19. The van der Waals surface area contributed by atoms with Crippen molar-refractivity contribution < 1.29 is 4.39 Å². The Balaban J connectivity index is 1.97. The van der Waals surface area contributed by atoms with Crippen molar-refractivity contribution in [1.82, 2.24) is 5.32 Å². The molecule has 1 aliphatic rings. The van der Waals surface area contributed by atoms with Crippen LogP contribution >= 0.6 is 15.9 Å². The van der Waals surface area contributed by atoms with Crippen LogP contribution in [-0.4, -0.2) is 12.6 Å². The predicted molar refractivity (Wildman–Crippen MR) is 91.1 cm³/mol. The minimum absolute atomic E-state index is 0.147. The van der Waals surface area contributed by atoms with Crippen molar-refractivity contribution >= 4 is 15.9 Å². The summed E-state index contributed by atoms with van der Waals surface area (Å²) in [6, 6.07) is 5.72. The lowest BCUT2D eigenvalue weighted by Crippen LogP contribution is -2.34. The lowest BCUT2D eigenvalue weighted by Gasteiger charge is -2.27. The zero-order valence-corrected chi connectivity index (χ0v) is 14.6. The van der Waals surface area contributed by atoms with Gasteiger partial charge >= 0.3 is 0 Å². The molecule has 0 aliphatic heterocycles. The van der Waals surface area contributed by atoms with Crippen molar-refractivity contribution in [1.29, 1.82) is 0 Å². The van der Waals surface area contributed by atoms with Gasteiger partial charge in [-0.1, -0.05) is 55.0 Å². The second-order valence-electron chi connectivity index (χ2n) is 6.37. The van der Waals surface area contributed by atoms with Gasteiger partial charge in [-0.05, 0) is 55.5 Å². The molecule has 1 aliphatic carbocycles. The quantitative estimate of drug-likeness (QED) is 0.683. The third-order valence-corrected chi connectivity index (χ3v) is 4.89. The van der Waals surface area contributed by atoms with Crippen LogP contribution in [0.1, 0.15) is 57.4 Å². The zero-order valence-electron chi connectivity index (χ0n) is 13.0. The molecule has 3 heteroatoms. The van der Waals surface area contributed by atoms with Gasteiger partial charge in [0.1, 0.15) is 5.82 Å². The molecule has 1 saturated carbocycles. The second-order valence-corrected chi connectivity index (χ2v) is 7.29. The van der Waals surface area contributed by atoms with Crippen LogP contribution in [0.5, 0.6) is 0 Å². The Morgan fingerprint density at radius 1 is 1.24 bits per heavy atom. The highest BCUT2D eigenvalue weighted by atomic mass is 79.9. The fourth-order valence-corrected chi connectivity index (χ4v) is 3.94. The molecular weight excluding hydrogens is 329 g/mol. The Hall–Kier alpha value is -0.410. The van der Waals surface area contributed by atoms with Crippen LogP contribution < -0.4 is 5.32 Å². The van der Waals surface area contributed by atoms with Gasteiger partial charge in [-0.2, -0.15) is 0 Å². The van der Waals surface area contributed by atoms with Gasteiger partial charge in [0.15, 0.2) is 0 Å². The maximum atomic E-state index is 13.5. The Bertz CT molecular complexity index is 409. The van der Waals surface area contributed by atoms with Crippen molar-refractivity contribution in [3.63, 3.8) is 0 Å². The normalized spacial score (nSPS) is 17.9. The number of halogens is 2. The summed E-state index contributed by atoms with van der Waals surface area (Å²) in [5.74, 6) is 0.705. The molecule has 0 bridgehead atoms. The van der Waals surface area contributed by atoms with E-state index in [1.807, 2.05) is 6.07 Å². The Morgan fingerprint density at radius 2 is 2.00 bits per heavy atom. The van der Waals surface area contributed by atoms with Gasteiger partial charge in [0.05, 0.1) is 0 Å². The number of nitrogens with one attached hydrogen (secondary N) is 1. The number of rotatable bonds is 7. The minimum Gasteiger partial charge on any atom is -0.314 e. The molecule has 0 aromatic heterocycles. The molecule has 1 nitrogen and oxygen atoms in total. The van der Waals surface area contributed by atoms with E-state index in [0.717, 1.165) is 35.3 Å². The minimum atomic E-state index is -0.147. The largest absolute Gasteiger partial charge is 0.314 e. The third kappa shape index (κ3) is 6.07. The maximum absolute atomic E-state index is 13.5. The average molecular weight is 356 g/mol. The van der Waals surface area contributed by atoms with E-state index in [9.17, 15) is 4.39 Å². The Morgan fingerprint density at radius 3 is 2.67 bits per heavy atom. The summed E-state index contributed by atoms with van der Waals surface area (Å²) in [6.07, 6.45) is 10.2. The molecule has 0 heterocycles. The molecule has 0 radical (unpaired) electrons. The summed E-state index contributed by atoms with van der Waals surface area (Å²) >= 11 is 3.39. The first-order valence-corrected chi connectivity index (χ1v) is 9.15. The first-order valence-electron chi connectivity index (χ1n) is 8.35. The molecule has 0 amide bonds. The molecule has 118 valence electrons. The van der Waals surface area contributed by atoms with E-state index in [2.05, 4.69) is 28.2 Å². The standard InChI is InChI=1S/C18H27BrFN/c1-2-8-21-18(11-14-6-4-3-5-7-14)12-15-9-16(19)13-17(20)10-15/h9-10,13-14,18,21H,2-8,11-12H2,1H3. The molecule has 0 saturated heterocycles. The molecule has 0 spiro atoms. The molecule has 21 heavy (non-hydrogen) atoms. The molecule has 1 aromatic rings. The van der Waals surface area contributed by atoms with E-state index < -0.39 is 0 Å². The van der Waals surface area contributed by atoms with Gasteiger partial charge in [-0.15, -0.1) is 0 Å². The van der Waals surface area contributed by atoms with Crippen molar-refractivity contribution in [3.8, 4) is 0 Å². The lowest BCUT2D eigenvalue weighted by atomic mass is 9.83. The van der Waals surface area contributed by atoms with Gasteiger partial charge in [-0.3, -0.25) is 0 Å². The fraction of sp³-hybridized carbons (Fsp3) is 0.667. The summed E-state index contributed by atoms with van der Waals surface area (Å²) in [6.45, 7) is 3.25. The van der Waals surface area contributed by atoms with Gasteiger partial charge in [0.2, 0.25) is 0 Å². The number of hydrogen-bond acceptors (Lipinski definition) is 1. The lowest BCUT2D eigenvalue weighted by molar-refractivity contribution is 0.296. The first kappa shape index (κ1) is 17.0. The van der Waals surface area contributed by atoms with Crippen LogP contribution in [0.4, 0.5) is 4.39 Å². The van der Waals surface area contributed by atoms with Crippen molar-refractivity contribution in [2.45, 2.75) is 64.3 Å². The summed E-state index contributed by atoms with van der Waals surface area (Å²) < 4.78 is 14.4. The van der Waals surface area contributed by atoms with Gasteiger partial charge in [0, 0.05) is 10.5 Å². The maximum Gasteiger partial charge on any atom is 0.124 e. The second kappa shape index (κ2) is 8.89. The predicted octanol–water partition coefficient (Wildman–Crippen LogP) is 5.47. The Labute approximate surface area is 136 Å². The van der Waals surface area contributed by atoms with Crippen molar-refractivity contribution in [2.24, 2.45) is 5.92 Å². The molecule has 1 unspecified atom stereocenters. The highest BCUT2D eigenvalue weighted by Crippen LogP contribution is 2.28. The van der Waals surface area contributed by atoms with E-state index in [0.29, 0.717) is 6.04 Å². The van der Waals surface area contributed by atoms with E-state index in [-0.39, 0.29) is 5.82 Å². The van der Waals surface area contributed by atoms with Crippen LogP contribution in [0, 0.1) is 11.7 Å². The number of hydrogen-bond donors (Lipinski definition) is 1. The summed E-state index contributed by atoms with van der Waals surface area (Å²) in [5, 5.41) is 3.67. The monoisotopic (exact) mass is 355 g/mol. The van der Waals surface area contributed by atoms with Crippen LogP contribution in [-0.2, 0) is 6.42 Å². The smallest absolute Gasteiger partial charge is 0.124 e. The van der Waals surface area contributed by atoms with Crippen LogP contribution in [0.3, 0.4) is 0 Å². The van der Waals surface area contributed by atoms with Crippen LogP contribution in [0.25, 0.3) is 0 Å². The number of benzene rings is 1. The van der Waals surface area contributed by atoms with Gasteiger partial charge < -0.3 is 5.32 Å². The Kier molecular flexibility index (Phi) is 7.18. The van der Waals surface area contributed by atoms with Crippen LogP contribution in [0.15, 0.2) is 22.7 Å². The van der Waals surface area contributed by atoms with Gasteiger partial charge in [-0.25, -0.2) is 4.39 Å². The summed E-state index contributed by atoms with van der Waals surface area (Å²) in [4.78, 5) is 0. The van der Waals surface area contributed by atoms with Crippen LogP contribution in [0.2, 0.25) is 0 Å². The van der Waals surface area contributed by atoms with E-state index in [1.165, 1.54) is 44.6 Å². The SMILES string of the molecule is CCCNC(Cc1cc(F)cc(Br)c1)CC1CCCCC1.